The van der Waals surface area contributed by atoms with Crippen molar-refractivity contribution in [2.75, 3.05) is 0 Å². The van der Waals surface area contributed by atoms with Gasteiger partial charge < -0.3 is 9.79 Å². The van der Waals surface area contributed by atoms with Crippen LogP contribution < -0.4 is 5.30 Å². The van der Waals surface area contributed by atoms with E-state index in [1.165, 1.54) is 0 Å². The zero-order valence-electron chi connectivity index (χ0n) is 6.04. The predicted molar refractivity (Wildman–Crippen MR) is 38.0 cm³/mol. The van der Waals surface area contributed by atoms with Crippen LogP contribution >= 0.6 is 7.60 Å². The van der Waals surface area contributed by atoms with Crippen LogP contribution in [-0.4, -0.2) is 9.79 Å². The summed E-state index contributed by atoms with van der Waals surface area (Å²) in [5.41, 5.74) is 0. The Kier molecular flexibility index (Phi) is 2.47. The summed E-state index contributed by atoms with van der Waals surface area (Å²) in [7, 11) is -4.88. The first-order chi connectivity index (χ1) is 5.84. The third-order valence-corrected chi connectivity index (χ3v) is 2.30. The lowest BCUT2D eigenvalue weighted by atomic mass is 10.3. The summed E-state index contributed by atoms with van der Waals surface area (Å²) in [4.78, 5) is 16.9. The third-order valence-electron chi connectivity index (χ3n) is 1.33. The zero-order valence-corrected chi connectivity index (χ0v) is 6.93. The molecule has 0 saturated carbocycles. The average Bonchev–Trinajstić information content (AvgIpc) is 1.98. The van der Waals surface area contributed by atoms with E-state index in [1.807, 2.05) is 0 Å². The highest BCUT2D eigenvalue weighted by atomic mass is 31.2. The lowest BCUT2D eigenvalue weighted by Crippen LogP contribution is -2.12. The van der Waals surface area contributed by atoms with Crippen LogP contribution in [0, 0.1) is 17.5 Å². The molecule has 0 bridgehead atoms. The highest BCUT2D eigenvalue weighted by Crippen LogP contribution is 2.34. The van der Waals surface area contributed by atoms with Crippen molar-refractivity contribution < 1.29 is 27.5 Å². The van der Waals surface area contributed by atoms with Crippen LogP contribution in [0.25, 0.3) is 0 Å². The largest absolute Gasteiger partial charge is 0.359 e. The lowest BCUT2D eigenvalue weighted by Gasteiger charge is -2.05. The summed E-state index contributed by atoms with van der Waals surface area (Å²) < 4.78 is 47.8. The van der Waals surface area contributed by atoms with Crippen LogP contribution in [0.5, 0.6) is 0 Å². The molecule has 0 radical (unpaired) electrons. The maximum Gasteiger partial charge on any atom is 0.359 e. The van der Waals surface area contributed by atoms with E-state index in [-0.39, 0.29) is 0 Å². The fourth-order valence-corrected chi connectivity index (χ4v) is 1.36. The Morgan fingerprint density at radius 3 is 2.08 bits per heavy atom. The summed E-state index contributed by atoms with van der Waals surface area (Å²) >= 11 is 0. The molecule has 1 aromatic carbocycles. The molecule has 3 nitrogen and oxygen atoms in total. The normalized spacial score (nSPS) is 11.8. The Morgan fingerprint density at radius 2 is 1.62 bits per heavy atom. The molecule has 0 spiro atoms. The van der Waals surface area contributed by atoms with E-state index in [2.05, 4.69) is 0 Å². The van der Waals surface area contributed by atoms with Gasteiger partial charge in [0.2, 0.25) is 0 Å². The highest BCUT2D eigenvalue weighted by molar-refractivity contribution is 7.60. The van der Waals surface area contributed by atoms with Gasteiger partial charge in [-0.15, -0.1) is 0 Å². The van der Waals surface area contributed by atoms with Gasteiger partial charge in [0.05, 0.1) is 0 Å². The fraction of sp³-hybridized carbons (Fsp3) is 0. The quantitative estimate of drug-likeness (QED) is 0.537. The first-order valence-corrected chi connectivity index (χ1v) is 4.65. The number of rotatable bonds is 1. The Bertz CT molecular complexity index is 387. The molecule has 2 N–H and O–H groups in total. The van der Waals surface area contributed by atoms with Gasteiger partial charge in [0.15, 0.2) is 17.5 Å². The van der Waals surface area contributed by atoms with Crippen molar-refractivity contribution in [1.82, 2.24) is 0 Å². The Balaban J connectivity index is 3.44. The molecular weight excluding hydrogens is 208 g/mol. The van der Waals surface area contributed by atoms with Crippen molar-refractivity contribution in [2.24, 2.45) is 0 Å². The molecule has 0 aromatic heterocycles. The summed E-state index contributed by atoms with van der Waals surface area (Å²) in [6.07, 6.45) is 0. The first-order valence-electron chi connectivity index (χ1n) is 3.03. The highest BCUT2D eigenvalue weighted by Gasteiger charge is 2.25. The summed E-state index contributed by atoms with van der Waals surface area (Å²) in [6, 6.07) is 0.960. The molecular formula is C6H4F3O3P. The first kappa shape index (κ1) is 10.2. The Hall–Kier alpha value is -0.840. The molecule has 0 fully saturated rings. The number of halogens is 3. The van der Waals surface area contributed by atoms with Crippen molar-refractivity contribution in [2.45, 2.75) is 0 Å². The molecule has 72 valence electrons. The topological polar surface area (TPSA) is 57.5 Å². The van der Waals surface area contributed by atoms with Gasteiger partial charge in [0.25, 0.3) is 0 Å². The van der Waals surface area contributed by atoms with Crippen LogP contribution in [0.4, 0.5) is 13.2 Å². The van der Waals surface area contributed by atoms with E-state index in [1.54, 1.807) is 0 Å². The van der Waals surface area contributed by atoms with Crippen LogP contribution in [-0.2, 0) is 4.57 Å². The summed E-state index contributed by atoms with van der Waals surface area (Å²) in [5.74, 6) is -5.23. The van der Waals surface area contributed by atoms with Crippen LogP contribution in [0.3, 0.4) is 0 Å². The number of hydrogen-bond acceptors (Lipinski definition) is 1. The summed E-state index contributed by atoms with van der Waals surface area (Å²) in [6.45, 7) is 0. The van der Waals surface area contributed by atoms with Crippen LogP contribution in [0.2, 0.25) is 0 Å². The molecule has 0 saturated heterocycles. The second kappa shape index (κ2) is 3.14. The minimum absolute atomic E-state index is 0.451. The van der Waals surface area contributed by atoms with E-state index in [4.69, 9.17) is 9.79 Å². The predicted octanol–water partition coefficient (Wildman–Crippen LogP) is 0.907. The molecule has 0 atom stereocenters. The fourth-order valence-electron chi connectivity index (χ4n) is 0.741. The monoisotopic (exact) mass is 212 g/mol. The second-order valence-electron chi connectivity index (χ2n) is 2.24. The van der Waals surface area contributed by atoms with Gasteiger partial charge in [-0.25, -0.2) is 13.2 Å². The standard InChI is InChI=1S/C6H4F3O3P/c7-3-1-2-4(13(10,11)12)6(9)5(3)8/h1-2H,(H2,10,11,12). The molecule has 0 heterocycles. The van der Waals surface area contributed by atoms with Crippen molar-refractivity contribution in [3.63, 3.8) is 0 Å². The number of benzene rings is 1. The van der Waals surface area contributed by atoms with Gasteiger partial charge in [-0.1, -0.05) is 0 Å². The van der Waals surface area contributed by atoms with Gasteiger partial charge in [0.1, 0.15) is 5.30 Å². The second-order valence-corrected chi connectivity index (χ2v) is 3.81. The smallest absolute Gasteiger partial charge is 0.321 e. The van der Waals surface area contributed by atoms with Gasteiger partial charge in [-0.3, -0.25) is 4.57 Å². The van der Waals surface area contributed by atoms with Crippen molar-refractivity contribution >= 4 is 12.9 Å². The van der Waals surface area contributed by atoms with Crippen molar-refractivity contribution in [3.05, 3.63) is 29.6 Å². The van der Waals surface area contributed by atoms with Crippen molar-refractivity contribution in [3.8, 4) is 0 Å². The van der Waals surface area contributed by atoms with E-state index in [0.717, 1.165) is 0 Å². The molecule has 0 unspecified atom stereocenters. The molecule has 1 aromatic rings. The van der Waals surface area contributed by atoms with Gasteiger partial charge in [0, 0.05) is 0 Å². The lowest BCUT2D eigenvalue weighted by molar-refractivity contribution is 0.382. The SMILES string of the molecule is O=P(O)(O)c1ccc(F)c(F)c1F. The van der Waals surface area contributed by atoms with E-state index in [9.17, 15) is 17.7 Å². The average molecular weight is 212 g/mol. The van der Waals surface area contributed by atoms with E-state index >= 15 is 0 Å². The third kappa shape index (κ3) is 1.91. The van der Waals surface area contributed by atoms with Gasteiger partial charge in [-0.2, -0.15) is 0 Å². The minimum atomic E-state index is -4.88. The zero-order chi connectivity index (χ0) is 10.2. The van der Waals surface area contributed by atoms with Crippen LogP contribution in [0.15, 0.2) is 12.1 Å². The van der Waals surface area contributed by atoms with E-state index < -0.39 is 30.4 Å². The van der Waals surface area contributed by atoms with Gasteiger partial charge in [-0.05, 0) is 12.1 Å². The molecule has 0 aliphatic heterocycles. The maximum atomic E-state index is 12.7. The Morgan fingerprint density at radius 1 is 1.08 bits per heavy atom. The minimum Gasteiger partial charge on any atom is -0.321 e. The molecule has 0 amide bonds. The molecule has 7 heteroatoms. The molecule has 0 aliphatic carbocycles. The molecule has 0 aliphatic rings. The number of hydrogen-bond donors (Lipinski definition) is 2. The van der Waals surface area contributed by atoms with E-state index in [0.29, 0.717) is 12.1 Å². The Labute approximate surface area is 71.0 Å². The van der Waals surface area contributed by atoms with Gasteiger partial charge >= 0.3 is 7.60 Å². The summed E-state index contributed by atoms with van der Waals surface area (Å²) in [5, 5.41) is -1.15. The van der Waals surface area contributed by atoms with Crippen LogP contribution in [0.1, 0.15) is 0 Å². The molecule has 13 heavy (non-hydrogen) atoms. The maximum absolute atomic E-state index is 12.7. The molecule has 1 rings (SSSR count). The van der Waals surface area contributed by atoms with Crippen molar-refractivity contribution in [1.29, 1.82) is 0 Å².